The summed E-state index contributed by atoms with van der Waals surface area (Å²) in [6, 6.07) is 7.80. The summed E-state index contributed by atoms with van der Waals surface area (Å²) in [6.45, 7) is 9.84. The van der Waals surface area contributed by atoms with E-state index in [1.54, 1.807) is 13.8 Å². The summed E-state index contributed by atoms with van der Waals surface area (Å²) in [6.07, 6.45) is -1.25. The highest BCUT2D eigenvalue weighted by Gasteiger charge is 2.31. The van der Waals surface area contributed by atoms with Gasteiger partial charge in [-0.3, -0.25) is 0 Å². The van der Waals surface area contributed by atoms with Crippen molar-refractivity contribution in [3.8, 4) is 0 Å². The van der Waals surface area contributed by atoms with Crippen LogP contribution in [-0.2, 0) is 15.8 Å². The van der Waals surface area contributed by atoms with Crippen molar-refractivity contribution in [1.82, 2.24) is 0 Å². The molecule has 0 aromatic heterocycles. The molecule has 3 nitrogen and oxygen atoms in total. The number of rotatable bonds is 2. The first-order valence-corrected chi connectivity index (χ1v) is 5.66. The molecule has 0 bridgehead atoms. The van der Waals surface area contributed by atoms with E-state index in [2.05, 4.69) is 20.8 Å². The standard InChI is InChI=1S/C14H20O3/c1-13(2,3)10-8-6-7-9-11(10)14(4,5)17-12(15)16/h6-9H,1-5H3,(H,15,16). The van der Waals surface area contributed by atoms with Gasteiger partial charge in [-0.1, -0.05) is 45.0 Å². The zero-order valence-corrected chi connectivity index (χ0v) is 11.1. The van der Waals surface area contributed by atoms with E-state index in [4.69, 9.17) is 9.84 Å². The molecular weight excluding hydrogens is 216 g/mol. The SMILES string of the molecule is CC(C)(C)c1ccccc1C(C)(C)OC(=O)O. The molecule has 0 saturated heterocycles. The molecule has 0 unspecified atom stereocenters. The number of hydrogen-bond acceptors (Lipinski definition) is 2. The fourth-order valence-electron chi connectivity index (χ4n) is 1.94. The normalized spacial score (nSPS) is 12.3. The summed E-state index contributed by atoms with van der Waals surface area (Å²) in [4.78, 5) is 10.7. The Balaban J connectivity index is 3.26. The fraction of sp³-hybridized carbons (Fsp3) is 0.500. The van der Waals surface area contributed by atoms with Crippen LogP contribution in [0.2, 0.25) is 0 Å². The van der Waals surface area contributed by atoms with E-state index in [0.717, 1.165) is 11.1 Å². The van der Waals surface area contributed by atoms with Crippen molar-refractivity contribution >= 4 is 6.16 Å². The van der Waals surface area contributed by atoms with Crippen molar-refractivity contribution in [3.63, 3.8) is 0 Å². The predicted molar refractivity (Wildman–Crippen MR) is 67.3 cm³/mol. The molecule has 1 rings (SSSR count). The zero-order valence-electron chi connectivity index (χ0n) is 11.1. The van der Waals surface area contributed by atoms with Crippen LogP contribution >= 0.6 is 0 Å². The summed E-state index contributed by atoms with van der Waals surface area (Å²) in [5.74, 6) is 0. The molecule has 0 spiro atoms. The van der Waals surface area contributed by atoms with Crippen molar-refractivity contribution < 1.29 is 14.6 Å². The molecule has 17 heavy (non-hydrogen) atoms. The van der Waals surface area contributed by atoms with E-state index in [9.17, 15) is 4.79 Å². The zero-order chi connectivity index (χ0) is 13.3. The highest BCUT2D eigenvalue weighted by molar-refractivity contribution is 5.58. The van der Waals surface area contributed by atoms with Gasteiger partial charge in [-0.25, -0.2) is 4.79 Å². The molecule has 1 aromatic rings. The van der Waals surface area contributed by atoms with Gasteiger partial charge >= 0.3 is 6.16 Å². The smallest absolute Gasteiger partial charge is 0.450 e. The minimum absolute atomic E-state index is 0.0459. The van der Waals surface area contributed by atoms with Gasteiger partial charge in [-0.15, -0.1) is 0 Å². The maximum atomic E-state index is 10.7. The summed E-state index contributed by atoms with van der Waals surface area (Å²) in [5, 5.41) is 8.78. The van der Waals surface area contributed by atoms with Crippen LogP contribution in [0.3, 0.4) is 0 Å². The van der Waals surface area contributed by atoms with Crippen LogP contribution in [-0.4, -0.2) is 11.3 Å². The third kappa shape index (κ3) is 3.22. The van der Waals surface area contributed by atoms with Crippen molar-refractivity contribution in [3.05, 3.63) is 35.4 Å². The van der Waals surface area contributed by atoms with E-state index >= 15 is 0 Å². The summed E-state index contributed by atoms with van der Waals surface area (Å²) < 4.78 is 4.98. The Kier molecular flexibility index (Phi) is 3.51. The molecule has 3 heteroatoms. The van der Waals surface area contributed by atoms with Crippen LogP contribution in [0.15, 0.2) is 24.3 Å². The molecule has 1 aromatic carbocycles. The summed E-state index contributed by atoms with van der Waals surface area (Å²) in [7, 11) is 0. The van der Waals surface area contributed by atoms with Gasteiger partial charge in [0, 0.05) is 0 Å². The Morgan fingerprint density at radius 1 is 1.06 bits per heavy atom. The molecule has 94 valence electrons. The van der Waals surface area contributed by atoms with Crippen molar-refractivity contribution in [2.24, 2.45) is 0 Å². The van der Waals surface area contributed by atoms with Gasteiger partial charge in [0.1, 0.15) is 5.60 Å². The molecule has 0 amide bonds. The lowest BCUT2D eigenvalue weighted by atomic mass is 9.79. The second-order valence-corrected chi connectivity index (χ2v) is 5.67. The minimum Gasteiger partial charge on any atom is -0.450 e. The summed E-state index contributed by atoms with van der Waals surface area (Å²) in [5.41, 5.74) is 1.13. The molecule has 0 atom stereocenters. The quantitative estimate of drug-likeness (QED) is 0.792. The molecule has 0 saturated carbocycles. The fourth-order valence-corrected chi connectivity index (χ4v) is 1.94. The molecule has 0 fully saturated rings. The Bertz CT molecular complexity index is 414. The van der Waals surface area contributed by atoms with Crippen LogP contribution < -0.4 is 0 Å². The molecule has 1 N–H and O–H groups in total. The van der Waals surface area contributed by atoms with Gasteiger partial charge in [0.25, 0.3) is 0 Å². The number of ether oxygens (including phenoxy) is 1. The molecule has 0 aliphatic heterocycles. The maximum Gasteiger partial charge on any atom is 0.506 e. The van der Waals surface area contributed by atoms with Crippen molar-refractivity contribution in [1.29, 1.82) is 0 Å². The Morgan fingerprint density at radius 2 is 1.53 bits per heavy atom. The average molecular weight is 236 g/mol. The van der Waals surface area contributed by atoms with Crippen LogP contribution in [0.1, 0.15) is 45.7 Å². The van der Waals surface area contributed by atoms with Gasteiger partial charge in [0.05, 0.1) is 0 Å². The van der Waals surface area contributed by atoms with Crippen LogP contribution in [0.4, 0.5) is 4.79 Å². The monoisotopic (exact) mass is 236 g/mol. The highest BCUT2D eigenvalue weighted by atomic mass is 16.7. The van der Waals surface area contributed by atoms with Crippen LogP contribution in [0.25, 0.3) is 0 Å². The van der Waals surface area contributed by atoms with Crippen molar-refractivity contribution in [2.75, 3.05) is 0 Å². The van der Waals surface area contributed by atoms with E-state index in [-0.39, 0.29) is 5.41 Å². The lowest BCUT2D eigenvalue weighted by Gasteiger charge is -2.31. The number of carboxylic acid groups (broad SMARTS) is 1. The first-order chi connectivity index (χ1) is 7.64. The van der Waals surface area contributed by atoms with Crippen molar-refractivity contribution in [2.45, 2.75) is 45.6 Å². The van der Waals surface area contributed by atoms with E-state index in [1.165, 1.54) is 0 Å². The lowest BCUT2D eigenvalue weighted by molar-refractivity contribution is 0.0000822. The third-order valence-corrected chi connectivity index (χ3v) is 2.73. The molecule has 0 heterocycles. The number of hydrogen-bond donors (Lipinski definition) is 1. The van der Waals surface area contributed by atoms with E-state index < -0.39 is 11.8 Å². The number of benzene rings is 1. The Morgan fingerprint density at radius 3 is 1.94 bits per heavy atom. The van der Waals surface area contributed by atoms with Gasteiger partial charge in [-0.2, -0.15) is 0 Å². The molecular formula is C14H20O3. The molecule has 0 aliphatic rings. The van der Waals surface area contributed by atoms with Crippen LogP contribution in [0.5, 0.6) is 0 Å². The van der Waals surface area contributed by atoms with Gasteiger partial charge in [0.15, 0.2) is 0 Å². The minimum atomic E-state index is -1.25. The Hall–Kier alpha value is -1.51. The van der Waals surface area contributed by atoms with Gasteiger partial charge in [0.2, 0.25) is 0 Å². The largest absolute Gasteiger partial charge is 0.506 e. The molecule has 0 aliphatic carbocycles. The first-order valence-electron chi connectivity index (χ1n) is 5.66. The van der Waals surface area contributed by atoms with E-state index in [1.807, 2.05) is 24.3 Å². The van der Waals surface area contributed by atoms with Gasteiger partial charge in [-0.05, 0) is 30.4 Å². The Labute approximate surface area is 102 Å². The highest BCUT2D eigenvalue weighted by Crippen LogP contribution is 2.34. The first kappa shape index (κ1) is 13.6. The maximum absolute atomic E-state index is 10.7. The summed E-state index contributed by atoms with van der Waals surface area (Å²) >= 11 is 0. The lowest BCUT2D eigenvalue weighted by Crippen LogP contribution is -2.29. The van der Waals surface area contributed by atoms with E-state index in [0.29, 0.717) is 0 Å². The molecule has 0 radical (unpaired) electrons. The topological polar surface area (TPSA) is 46.5 Å². The second-order valence-electron chi connectivity index (χ2n) is 5.67. The van der Waals surface area contributed by atoms with Gasteiger partial charge < -0.3 is 9.84 Å². The van der Waals surface area contributed by atoms with Crippen LogP contribution in [0, 0.1) is 0 Å². The number of carbonyl (C=O) groups is 1. The second kappa shape index (κ2) is 4.40. The average Bonchev–Trinajstić information content (AvgIpc) is 2.14. The predicted octanol–water partition coefficient (Wildman–Crippen LogP) is 3.91. The third-order valence-electron chi connectivity index (χ3n) is 2.73.